The third-order valence-corrected chi connectivity index (χ3v) is 3.20. The van der Waals surface area contributed by atoms with E-state index < -0.39 is 11.6 Å². The molecular weight excluding hydrogens is 341 g/mol. The summed E-state index contributed by atoms with van der Waals surface area (Å²) in [7, 11) is 0. The number of halogens is 4. The van der Waals surface area contributed by atoms with Crippen LogP contribution in [0.15, 0.2) is 34.8 Å². The van der Waals surface area contributed by atoms with E-state index in [1.165, 1.54) is 18.2 Å². The summed E-state index contributed by atoms with van der Waals surface area (Å²) >= 11 is 8.72. The highest BCUT2D eigenvalue weighted by molar-refractivity contribution is 9.10. The SMILES string of the molecule is O=Cc1ccc(Oc2cc(F)c(Cl)cc2Br)c(F)c1. The summed E-state index contributed by atoms with van der Waals surface area (Å²) in [6.07, 6.45) is 0.519. The highest BCUT2D eigenvalue weighted by Gasteiger charge is 2.11. The number of hydrogen-bond acceptors (Lipinski definition) is 2. The van der Waals surface area contributed by atoms with E-state index >= 15 is 0 Å². The second-order valence-corrected chi connectivity index (χ2v) is 4.87. The number of aldehydes is 1. The van der Waals surface area contributed by atoms with Gasteiger partial charge in [0.05, 0.1) is 9.50 Å². The first kappa shape index (κ1) is 14.0. The summed E-state index contributed by atoms with van der Waals surface area (Å²) in [4.78, 5) is 10.5. The van der Waals surface area contributed by atoms with Crippen molar-refractivity contribution in [3.63, 3.8) is 0 Å². The van der Waals surface area contributed by atoms with Crippen molar-refractivity contribution in [3.05, 3.63) is 57.0 Å². The molecule has 6 heteroatoms. The van der Waals surface area contributed by atoms with Crippen LogP contribution in [0.2, 0.25) is 5.02 Å². The maximum Gasteiger partial charge on any atom is 0.166 e. The van der Waals surface area contributed by atoms with E-state index in [9.17, 15) is 13.6 Å². The molecule has 0 aliphatic heterocycles. The molecule has 0 bridgehead atoms. The predicted molar refractivity (Wildman–Crippen MR) is 71.0 cm³/mol. The summed E-state index contributed by atoms with van der Waals surface area (Å²) in [6, 6.07) is 6.07. The van der Waals surface area contributed by atoms with Gasteiger partial charge in [0.25, 0.3) is 0 Å². The van der Waals surface area contributed by atoms with Gasteiger partial charge < -0.3 is 4.74 Å². The third-order valence-electron chi connectivity index (χ3n) is 2.29. The van der Waals surface area contributed by atoms with Crippen molar-refractivity contribution in [1.29, 1.82) is 0 Å². The van der Waals surface area contributed by atoms with Crippen molar-refractivity contribution < 1.29 is 18.3 Å². The van der Waals surface area contributed by atoms with Crippen molar-refractivity contribution in [1.82, 2.24) is 0 Å². The molecule has 0 unspecified atom stereocenters. The summed E-state index contributed by atoms with van der Waals surface area (Å²) < 4.78 is 32.5. The minimum absolute atomic E-state index is 0.0731. The number of ether oxygens (including phenoxy) is 1. The Balaban J connectivity index is 2.36. The lowest BCUT2D eigenvalue weighted by molar-refractivity contribution is 0.112. The van der Waals surface area contributed by atoms with Crippen LogP contribution in [0.1, 0.15) is 10.4 Å². The normalized spacial score (nSPS) is 10.3. The number of benzene rings is 2. The number of carbonyl (C=O) groups excluding carboxylic acids is 1. The Morgan fingerprint density at radius 1 is 1.11 bits per heavy atom. The van der Waals surface area contributed by atoms with Crippen molar-refractivity contribution in [3.8, 4) is 11.5 Å². The molecule has 0 aliphatic rings. The van der Waals surface area contributed by atoms with Crippen LogP contribution in [0.3, 0.4) is 0 Å². The van der Waals surface area contributed by atoms with Crippen LogP contribution in [0.4, 0.5) is 8.78 Å². The second-order valence-electron chi connectivity index (χ2n) is 3.61. The van der Waals surface area contributed by atoms with Crippen LogP contribution in [-0.4, -0.2) is 6.29 Å². The van der Waals surface area contributed by atoms with Crippen molar-refractivity contribution >= 4 is 33.8 Å². The van der Waals surface area contributed by atoms with E-state index in [4.69, 9.17) is 16.3 Å². The van der Waals surface area contributed by atoms with Gasteiger partial charge in [-0.05, 0) is 40.2 Å². The molecule has 2 aromatic carbocycles. The predicted octanol–water partition coefficient (Wildman–Crippen LogP) is 4.99. The number of hydrogen-bond donors (Lipinski definition) is 0. The highest BCUT2D eigenvalue weighted by atomic mass is 79.9. The first-order chi connectivity index (χ1) is 9.01. The average molecular weight is 348 g/mol. The Labute approximate surface area is 121 Å². The molecule has 19 heavy (non-hydrogen) atoms. The maximum absolute atomic E-state index is 13.6. The van der Waals surface area contributed by atoms with E-state index in [2.05, 4.69) is 15.9 Å². The van der Waals surface area contributed by atoms with E-state index in [1.54, 1.807) is 0 Å². The Hall–Kier alpha value is -1.46. The number of rotatable bonds is 3. The average Bonchev–Trinajstić information content (AvgIpc) is 2.38. The molecule has 0 N–H and O–H groups in total. The molecular formula is C13H6BrClF2O2. The molecule has 0 aromatic heterocycles. The molecule has 0 atom stereocenters. The van der Waals surface area contributed by atoms with E-state index in [1.807, 2.05) is 0 Å². The highest BCUT2D eigenvalue weighted by Crippen LogP contribution is 2.34. The van der Waals surface area contributed by atoms with Gasteiger partial charge in [0, 0.05) is 11.6 Å². The van der Waals surface area contributed by atoms with Crippen molar-refractivity contribution in [2.75, 3.05) is 0 Å². The molecule has 0 saturated carbocycles. The fourth-order valence-corrected chi connectivity index (χ4v) is 2.09. The van der Waals surface area contributed by atoms with Gasteiger partial charge in [-0.2, -0.15) is 0 Å². The fourth-order valence-electron chi connectivity index (χ4n) is 1.37. The van der Waals surface area contributed by atoms with Gasteiger partial charge in [-0.1, -0.05) is 11.6 Å². The third kappa shape index (κ3) is 3.11. The van der Waals surface area contributed by atoms with Gasteiger partial charge in [0.15, 0.2) is 11.6 Å². The second kappa shape index (κ2) is 5.67. The smallest absolute Gasteiger partial charge is 0.166 e. The molecule has 98 valence electrons. The number of carbonyl (C=O) groups is 1. The lowest BCUT2D eigenvalue weighted by Crippen LogP contribution is -1.92. The zero-order valence-corrected chi connectivity index (χ0v) is 11.6. The largest absolute Gasteiger partial charge is 0.453 e. The summed E-state index contributed by atoms with van der Waals surface area (Å²) in [5, 5.41) is -0.0731. The lowest BCUT2D eigenvalue weighted by Gasteiger charge is -2.09. The topological polar surface area (TPSA) is 26.3 Å². The first-order valence-corrected chi connectivity index (χ1v) is 6.25. The first-order valence-electron chi connectivity index (χ1n) is 5.08. The lowest BCUT2D eigenvalue weighted by atomic mass is 10.2. The van der Waals surface area contributed by atoms with Crippen molar-refractivity contribution in [2.24, 2.45) is 0 Å². The minimum Gasteiger partial charge on any atom is -0.453 e. The molecule has 0 radical (unpaired) electrons. The van der Waals surface area contributed by atoms with E-state index in [0.717, 1.165) is 12.1 Å². The fraction of sp³-hybridized carbons (Fsp3) is 0. The van der Waals surface area contributed by atoms with Gasteiger partial charge in [-0.3, -0.25) is 4.79 Å². The van der Waals surface area contributed by atoms with Crippen LogP contribution in [-0.2, 0) is 0 Å². The molecule has 0 spiro atoms. The quantitative estimate of drug-likeness (QED) is 0.578. The summed E-state index contributed by atoms with van der Waals surface area (Å²) in [6.45, 7) is 0. The van der Waals surface area contributed by atoms with Gasteiger partial charge in [-0.15, -0.1) is 0 Å². The van der Waals surface area contributed by atoms with Crippen LogP contribution < -0.4 is 4.74 Å². The Morgan fingerprint density at radius 2 is 1.84 bits per heavy atom. The van der Waals surface area contributed by atoms with Crippen LogP contribution in [0, 0.1) is 11.6 Å². The van der Waals surface area contributed by atoms with Gasteiger partial charge >= 0.3 is 0 Å². The van der Waals surface area contributed by atoms with Gasteiger partial charge in [-0.25, -0.2) is 8.78 Å². The zero-order valence-electron chi connectivity index (χ0n) is 9.29. The van der Waals surface area contributed by atoms with Crippen LogP contribution in [0.5, 0.6) is 11.5 Å². The molecule has 2 aromatic rings. The molecule has 0 saturated heterocycles. The molecule has 0 amide bonds. The Kier molecular flexibility index (Phi) is 4.17. The Morgan fingerprint density at radius 3 is 2.47 bits per heavy atom. The maximum atomic E-state index is 13.6. The summed E-state index contributed by atoms with van der Waals surface area (Å²) in [5.74, 6) is -1.43. The van der Waals surface area contributed by atoms with E-state index in [-0.39, 0.29) is 22.1 Å². The van der Waals surface area contributed by atoms with E-state index in [0.29, 0.717) is 10.8 Å². The van der Waals surface area contributed by atoms with Crippen LogP contribution in [0.25, 0.3) is 0 Å². The van der Waals surface area contributed by atoms with Crippen molar-refractivity contribution in [2.45, 2.75) is 0 Å². The monoisotopic (exact) mass is 346 g/mol. The molecule has 2 rings (SSSR count). The zero-order chi connectivity index (χ0) is 14.0. The molecule has 0 aliphatic carbocycles. The Bertz CT molecular complexity index is 647. The molecule has 0 heterocycles. The molecule has 2 nitrogen and oxygen atoms in total. The van der Waals surface area contributed by atoms with Gasteiger partial charge in [0.2, 0.25) is 0 Å². The van der Waals surface area contributed by atoms with Crippen LogP contribution >= 0.6 is 27.5 Å². The standard InChI is InChI=1S/C13H6BrClF2O2/c14-8-4-9(15)10(16)5-13(8)19-12-2-1-7(6-18)3-11(12)17/h1-6H. The summed E-state index contributed by atoms with van der Waals surface area (Å²) in [5.41, 5.74) is 0.186. The van der Waals surface area contributed by atoms with Gasteiger partial charge in [0.1, 0.15) is 17.9 Å². The minimum atomic E-state index is -0.716. The molecule has 0 fully saturated rings.